The van der Waals surface area contributed by atoms with Crippen LogP contribution in [0.3, 0.4) is 0 Å². The minimum Gasteiger partial charge on any atom is -0.368 e. The van der Waals surface area contributed by atoms with Crippen LogP contribution < -0.4 is 4.90 Å². The van der Waals surface area contributed by atoms with Crippen molar-refractivity contribution in [2.45, 2.75) is 18.1 Å². The second-order valence-corrected chi connectivity index (χ2v) is 8.47. The van der Waals surface area contributed by atoms with Gasteiger partial charge < -0.3 is 9.47 Å². The molecule has 158 valence electrons. The highest BCUT2D eigenvalue weighted by atomic mass is 32.2. The molecule has 0 amide bonds. The van der Waals surface area contributed by atoms with E-state index in [0.29, 0.717) is 11.9 Å². The number of aromatic nitrogens is 2. The van der Waals surface area contributed by atoms with Crippen molar-refractivity contribution in [3.8, 4) is 0 Å². The van der Waals surface area contributed by atoms with Crippen LogP contribution >= 0.6 is 0 Å². The molecule has 1 aromatic heterocycles. The lowest BCUT2D eigenvalue weighted by Gasteiger charge is -2.36. The number of benzene rings is 1. The van der Waals surface area contributed by atoms with Gasteiger partial charge in [-0.3, -0.25) is 10.1 Å². The third-order valence-electron chi connectivity index (χ3n) is 4.77. The molecule has 2 aromatic rings. The predicted molar refractivity (Wildman–Crippen MR) is 97.0 cm³/mol. The Morgan fingerprint density at radius 2 is 1.79 bits per heavy atom. The molecule has 1 saturated heterocycles. The molecule has 1 aliphatic rings. The summed E-state index contributed by atoms with van der Waals surface area (Å²) in [7, 11) is -2.20. The summed E-state index contributed by atoms with van der Waals surface area (Å²) in [4.78, 5) is 15.3. The van der Waals surface area contributed by atoms with Gasteiger partial charge >= 0.3 is 6.18 Å². The predicted octanol–water partition coefficient (Wildman–Crippen LogP) is 2.17. The first kappa shape index (κ1) is 21.0. The van der Waals surface area contributed by atoms with Crippen molar-refractivity contribution in [2.24, 2.45) is 7.05 Å². The summed E-state index contributed by atoms with van der Waals surface area (Å²) in [5.74, 6) is 0.517. The summed E-state index contributed by atoms with van der Waals surface area (Å²) < 4.78 is 68.4. The molecule has 29 heavy (non-hydrogen) atoms. The Bertz CT molecular complexity index is 1020. The first-order valence-electron chi connectivity index (χ1n) is 8.52. The molecule has 3 rings (SSSR count). The highest BCUT2D eigenvalue weighted by Crippen LogP contribution is 2.39. The average Bonchev–Trinajstić information content (AvgIpc) is 3.00. The second-order valence-electron chi connectivity index (χ2n) is 6.58. The van der Waals surface area contributed by atoms with Crippen molar-refractivity contribution in [3.63, 3.8) is 0 Å². The third kappa shape index (κ3) is 4.05. The highest BCUT2D eigenvalue weighted by molar-refractivity contribution is 7.89. The van der Waals surface area contributed by atoms with E-state index >= 15 is 0 Å². The molecule has 0 spiro atoms. The van der Waals surface area contributed by atoms with E-state index in [-0.39, 0.29) is 36.9 Å². The highest BCUT2D eigenvalue weighted by Gasteiger charge is 2.38. The number of alkyl halides is 3. The molecular weight excluding hydrogens is 415 g/mol. The van der Waals surface area contributed by atoms with Crippen LogP contribution in [0.1, 0.15) is 11.4 Å². The number of nitrogens with zero attached hydrogens (tertiary/aromatic N) is 5. The number of halogens is 3. The molecule has 0 radical (unpaired) electrons. The number of anilines is 1. The number of imidazole rings is 1. The van der Waals surface area contributed by atoms with Gasteiger partial charge in [-0.1, -0.05) is 0 Å². The monoisotopic (exact) mass is 433 g/mol. The van der Waals surface area contributed by atoms with Gasteiger partial charge in [0.05, 0.1) is 10.5 Å². The van der Waals surface area contributed by atoms with E-state index in [1.54, 1.807) is 18.5 Å². The van der Waals surface area contributed by atoms with Crippen LogP contribution in [0.4, 0.5) is 24.5 Å². The fourth-order valence-electron chi connectivity index (χ4n) is 3.09. The lowest BCUT2D eigenvalue weighted by molar-refractivity contribution is -0.385. The summed E-state index contributed by atoms with van der Waals surface area (Å²) in [6, 6.07) is 2.55. The molecule has 0 aliphatic carbocycles. The van der Waals surface area contributed by atoms with E-state index in [0.717, 1.165) is 12.1 Å². The Labute approximate surface area is 164 Å². The van der Waals surface area contributed by atoms with Crippen LogP contribution in [-0.4, -0.2) is 53.4 Å². The summed E-state index contributed by atoms with van der Waals surface area (Å²) in [5.41, 5.74) is -2.00. The number of rotatable bonds is 4. The van der Waals surface area contributed by atoms with Crippen LogP contribution in [0.2, 0.25) is 0 Å². The maximum atomic E-state index is 13.4. The first-order chi connectivity index (χ1) is 13.4. The van der Waals surface area contributed by atoms with Gasteiger partial charge in [-0.2, -0.15) is 17.5 Å². The van der Waals surface area contributed by atoms with E-state index in [9.17, 15) is 31.7 Å². The topological polar surface area (TPSA) is 102 Å². The molecule has 0 saturated carbocycles. The van der Waals surface area contributed by atoms with Crippen molar-refractivity contribution < 1.29 is 26.5 Å². The molecule has 13 heteroatoms. The van der Waals surface area contributed by atoms with Gasteiger partial charge in [-0.15, -0.1) is 0 Å². The maximum absolute atomic E-state index is 13.4. The van der Waals surface area contributed by atoms with Gasteiger partial charge in [-0.25, -0.2) is 13.4 Å². The fourth-order valence-corrected chi connectivity index (χ4v) is 4.54. The number of hydrogen-bond acceptors (Lipinski definition) is 6. The third-order valence-corrected chi connectivity index (χ3v) is 6.54. The molecule has 1 aliphatic heterocycles. The summed E-state index contributed by atoms with van der Waals surface area (Å²) in [5, 5.41) is 10.7. The Kier molecular flexibility index (Phi) is 5.30. The van der Waals surface area contributed by atoms with Crippen molar-refractivity contribution >= 4 is 21.4 Å². The number of aryl methyl sites for hydroxylation is 2. The van der Waals surface area contributed by atoms with Gasteiger partial charge in [0.1, 0.15) is 5.82 Å². The number of hydrogen-bond donors (Lipinski definition) is 0. The molecule has 9 nitrogen and oxygen atoms in total. The van der Waals surface area contributed by atoms with E-state index in [1.165, 1.54) is 15.4 Å². The standard InChI is InChI=1S/C16H18F3N5O4S/c1-11-20-15(10-21(11)2)29(27,28)23-7-5-22(6-8-23)14-4-3-12(24(25)26)9-13(14)16(17,18)19/h3-4,9-10H,5-8H2,1-2H3. The number of nitro benzene ring substituents is 1. The van der Waals surface area contributed by atoms with Gasteiger partial charge in [0.25, 0.3) is 15.7 Å². The molecular formula is C16H18F3N5O4S. The van der Waals surface area contributed by atoms with Gasteiger partial charge in [0.2, 0.25) is 0 Å². The van der Waals surface area contributed by atoms with Gasteiger partial charge in [0, 0.05) is 57.2 Å². The number of non-ortho nitro benzene ring substituents is 1. The van der Waals surface area contributed by atoms with E-state index in [4.69, 9.17) is 0 Å². The van der Waals surface area contributed by atoms with Crippen molar-refractivity contribution in [2.75, 3.05) is 31.1 Å². The quantitative estimate of drug-likeness (QED) is 0.541. The maximum Gasteiger partial charge on any atom is 0.418 e. The van der Waals surface area contributed by atoms with Crippen LogP contribution in [0.15, 0.2) is 29.4 Å². The molecule has 0 atom stereocenters. The minimum atomic E-state index is -4.78. The fraction of sp³-hybridized carbons (Fsp3) is 0.438. The van der Waals surface area contributed by atoms with E-state index in [2.05, 4.69) is 4.98 Å². The van der Waals surface area contributed by atoms with E-state index in [1.807, 2.05) is 0 Å². The summed E-state index contributed by atoms with van der Waals surface area (Å²) in [6.07, 6.45) is -3.40. The van der Waals surface area contributed by atoms with Crippen molar-refractivity contribution in [3.05, 3.63) is 45.9 Å². The second kappa shape index (κ2) is 7.30. The summed E-state index contributed by atoms with van der Waals surface area (Å²) >= 11 is 0. The number of piperazine rings is 1. The van der Waals surface area contributed by atoms with Crippen molar-refractivity contribution in [1.29, 1.82) is 0 Å². The molecule has 0 unspecified atom stereocenters. The lowest BCUT2D eigenvalue weighted by atomic mass is 10.1. The van der Waals surface area contributed by atoms with Crippen molar-refractivity contribution in [1.82, 2.24) is 13.9 Å². The SMILES string of the molecule is Cc1nc(S(=O)(=O)N2CCN(c3ccc([N+](=O)[O-])cc3C(F)(F)F)CC2)cn1C. The zero-order valence-electron chi connectivity index (χ0n) is 15.5. The Morgan fingerprint density at radius 3 is 2.28 bits per heavy atom. The minimum absolute atomic E-state index is 0.00589. The number of nitro groups is 1. The van der Waals surface area contributed by atoms with Crippen LogP contribution in [-0.2, 0) is 23.2 Å². The Balaban J connectivity index is 1.83. The molecule has 1 aromatic carbocycles. The smallest absolute Gasteiger partial charge is 0.368 e. The number of sulfonamides is 1. The summed E-state index contributed by atoms with van der Waals surface area (Å²) in [6.45, 7) is 1.60. The largest absolute Gasteiger partial charge is 0.418 e. The van der Waals surface area contributed by atoms with E-state index < -0.39 is 32.4 Å². The van der Waals surface area contributed by atoms with Crippen LogP contribution in [0.5, 0.6) is 0 Å². The van der Waals surface area contributed by atoms with Crippen LogP contribution in [0, 0.1) is 17.0 Å². The molecule has 2 heterocycles. The zero-order chi connectivity index (χ0) is 21.6. The Morgan fingerprint density at radius 1 is 1.17 bits per heavy atom. The molecule has 1 fully saturated rings. The molecule has 0 bridgehead atoms. The lowest BCUT2D eigenvalue weighted by Crippen LogP contribution is -2.49. The molecule has 0 N–H and O–H groups in total. The first-order valence-corrected chi connectivity index (χ1v) is 9.96. The Hall–Kier alpha value is -2.67. The normalized spacial score (nSPS) is 16.2. The van der Waals surface area contributed by atoms with Gasteiger partial charge in [0.15, 0.2) is 5.03 Å². The average molecular weight is 433 g/mol. The van der Waals surface area contributed by atoms with Crippen LogP contribution in [0.25, 0.3) is 0 Å². The zero-order valence-corrected chi connectivity index (χ0v) is 16.4. The van der Waals surface area contributed by atoms with Gasteiger partial charge in [-0.05, 0) is 13.0 Å².